The summed E-state index contributed by atoms with van der Waals surface area (Å²) in [5, 5.41) is 22.1. The lowest BCUT2D eigenvalue weighted by Gasteiger charge is -2.37. The minimum absolute atomic E-state index is 0.0222. The van der Waals surface area contributed by atoms with E-state index in [1.165, 1.54) is 12.8 Å². The summed E-state index contributed by atoms with van der Waals surface area (Å²) in [4.78, 5) is 21.7. The molecular formula is C39H43ClN4O6S. The monoisotopic (exact) mass is 730 g/mol. The van der Waals surface area contributed by atoms with E-state index in [0.717, 1.165) is 57.9 Å². The molecule has 7 rings (SSSR count). The summed E-state index contributed by atoms with van der Waals surface area (Å²) in [7, 11) is -3.67. The number of likely N-dealkylation sites (tertiary alicyclic amines) is 1. The van der Waals surface area contributed by atoms with Crippen LogP contribution < -0.4 is 4.90 Å². The summed E-state index contributed by atoms with van der Waals surface area (Å²) in [5.74, 6) is 0.0966. The summed E-state index contributed by atoms with van der Waals surface area (Å²) < 4.78 is 28.1. The first-order chi connectivity index (χ1) is 24.5. The van der Waals surface area contributed by atoms with Gasteiger partial charge in [-0.1, -0.05) is 66.2 Å². The topological polar surface area (TPSA) is 127 Å². The van der Waals surface area contributed by atoms with Crippen molar-refractivity contribution >= 4 is 44.2 Å². The molecule has 3 N–H and O–H groups in total. The van der Waals surface area contributed by atoms with Crippen LogP contribution in [0.1, 0.15) is 45.9 Å². The summed E-state index contributed by atoms with van der Waals surface area (Å²) >= 11 is 6.54. The fourth-order valence-corrected chi connectivity index (χ4v) is 7.46. The van der Waals surface area contributed by atoms with E-state index >= 15 is 0 Å². The Labute approximate surface area is 303 Å². The Morgan fingerprint density at radius 3 is 1.84 bits per heavy atom. The maximum absolute atomic E-state index is 15.0. The lowest BCUT2D eigenvalue weighted by Crippen LogP contribution is -2.49. The van der Waals surface area contributed by atoms with Gasteiger partial charge in [-0.3, -0.25) is 9.35 Å². The number of halogens is 1. The Kier molecular flexibility index (Phi) is 11.2. The third kappa shape index (κ3) is 8.68. The minimum Gasteiger partial charge on any atom is -0.508 e. The van der Waals surface area contributed by atoms with E-state index in [1.54, 1.807) is 24.3 Å². The standard InChI is InChI=1S/C38H39ClN4O3.CH4O3S/c39-32-8-2-4-10-34(32)41-22-24-42(25-23-41)38(46)37-36(31-7-1-3-9-33(31)43(37)26-21-40-19-5-6-20-40)35(27-11-15-29(44)16-12-27)28-13-17-30(45)18-14-28;1-5(2,3)4/h1-4,7-18,35,44-45H,5-6,19-26H2;1H3,(H,2,3,4). The van der Waals surface area contributed by atoms with E-state index < -0.39 is 10.1 Å². The molecule has 12 heteroatoms. The Bertz CT molecular complexity index is 2020. The predicted molar refractivity (Wildman–Crippen MR) is 202 cm³/mol. The molecule has 2 aliphatic rings. The molecule has 0 saturated carbocycles. The first-order valence-corrected chi connectivity index (χ1v) is 19.3. The second-order valence-corrected chi connectivity index (χ2v) is 14.9. The van der Waals surface area contributed by atoms with Gasteiger partial charge in [-0.25, -0.2) is 0 Å². The molecule has 51 heavy (non-hydrogen) atoms. The van der Waals surface area contributed by atoms with Crippen LogP contribution in [0.3, 0.4) is 0 Å². The fourth-order valence-electron chi connectivity index (χ4n) is 7.20. The molecule has 0 atom stereocenters. The molecule has 0 unspecified atom stereocenters. The highest BCUT2D eigenvalue weighted by molar-refractivity contribution is 7.85. The lowest BCUT2D eigenvalue weighted by molar-refractivity contribution is 0.0734. The van der Waals surface area contributed by atoms with Gasteiger partial charge in [-0.15, -0.1) is 0 Å². The average molecular weight is 731 g/mol. The minimum atomic E-state index is -3.67. The molecule has 10 nitrogen and oxygen atoms in total. The molecule has 1 amide bonds. The number of nitrogens with zero attached hydrogens (tertiary/aromatic N) is 4. The number of rotatable bonds is 8. The van der Waals surface area contributed by atoms with Crippen molar-refractivity contribution < 1.29 is 28.0 Å². The van der Waals surface area contributed by atoms with Gasteiger partial charge in [-0.2, -0.15) is 8.42 Å². The molecule has 3 heterocycles. The zero-order chi connectivity index (χ0) is 36.1. The van der Waals surface area contributed by atoms with Gasteiger partial charge >= 0.3 is 0 Å². The number of piperazine rings is 1. The SMILES string of the molecule is CS(=O)(=O)O.O=C(c1c(C(c2ccc(O)cc2)c2ccc(O)cc2)c2ccccc2n1CCN1CCCC1)N1CCN(c2ccccc2Cl)CC1. The van der Waals surface area contributed by atoms with Crippen LogP contribution in [0.5, 0.6) is 11.5 Å². The summed E-state index contributed by atoms with van der Waals surface area (Å²) in [6, 6.07) is 30.7. The number of amides is 1. The molecule has 268 valence electrons. The first-order valence-electron chi connectivity index (χ1n) is 17.1. The second kappa shape index (κ2) is 15.8. The number of aromatic hydroxyl groups is 2. The molecule has 2 aliphatic heterocycles. The molecule has 2 saturated heterocycles. The van der Waals surface area contributed by atoms with Crippen LogP contribution in [0, 0.1) is 0 Å². The van der Waals surface area contributed by atoms with E-state index in [4.69, 9.17) is 16.2 Å². The number of carbonyl (C=O) groups excluding carboxylic acids is 1. The van der Waals surface area contributed by atoms with Gasteiger partial charge in [0, 0.05) is 61.7 Å². The Morgan fingerprint density at radius 2 is 1.27 bits per heavy atom. The molecule has 1 aromatic heterocycles. The summed E-state index contributed by atoms with van der Waals surface area (Å²) in [6.07, 6.45) is 3.14. The maximum atomic E-state index is 15.0. The van der Waals surface area contributed by atoms with E-state index in [-0.39, 0.29) is 23.3 Å². The van der Waals surface area contributed by atoms with Crippen molar-refractivity contribution in [3.05, 3.63) is 124 Å². The van der Waals surface area contributed by atoms with E-state index in [9.17, 15) is 23.4 Å². The molecule has 5 aromatic rings. The van der Waals surface area contributed by atoms with Crippen LogP contribution in [0.4, 0.5) is 5.69 Å². The van der Waals surface area contributed by atoms with Crippen molar-refractivity contribution in [3.8, 4) is 11.5 Å². The van der Waals surface area contributed by atoms with Crippen LogP contribution in [0.25, 0.3) is 10.9 Å². The first kappa shape index (κ1) is 36.2. The molecule has 0 radical (unpaired) electrons. The highest BCUT2D eigenvalue weighted by Gasteiger charge is 2.34. The number of fused-ring (bicyclic) bond motifs is 1. The van der Waals surface area contributed by atoms with Gasteiger partial charge in [0.15, 0.2) is 0 Å². The largest absolute Gasteiger partial charge is 0.508 e. The fraction of sp³-hybridized carbons (Fsp3) is 0.308. The quantitative estimate of drug-likeness (QED) is 0.156. The number of para-hydroxylation sites is 2. The van der Waals surface area contributed by atoms with Gasteiger partial charge in [0.05, 0.1) is 17.0 Å². The smallest absolute Gasteiger partial charge is 0.270 e. The second-order valence-electron chi connectivity index (χ2n) is 13.1. The van der Waals surface area contributed by atoms with E-state index in [0.29, 0.717) is 44.7 Å². The molecule has 0 aliphatic carbocycles. The van der Waals surface area contributed by atoms with Crippen LogP contribution in [-0.2, 0) is 16.7 Å². The molecule has 4 aromatic carbocycles. The normalized spacial score (nSPS) is 15.3. The Morgan fingerprint density at radius 1 is 0.745 bits per heavy atom. The third-order valence-electron chi connectivity index (χ3n) is 9.55. The molecule has 2 fully saturated rings. The summed E-state index contributed by atoms with van der Waals surface area (Å²) in [5.41, 5.74) is 5.62. The number of aromatic nitrogens is 1. The Hall–Kier alpha value is -4.55. The van der Waals surface area contributed by atoms with Crippen molar-refractivity contribution in [1.82, 2.24) is 14.4 Å². The van der Waals surface area contributed by atoms with E-state index in [1.807, 2.05) is 65.6 Å². The van der Waals surface area contributed by atoms with Crippen LogP contribution >= 0.6 is 11.6 Å². The number of anilines is 1. The molecule has 0 bridgehead atoms. The van der Waals surface area contributed by atoms with Crippen LogP contribution in [0.15, 0.2) is 97.1 Å². The summed E-state index contributed by atoms with van der Waals surface area (Å²) in [6.45, 7) is 6.31. The number of phenols is 2. The van der Waals surface area contributed by atoms with Gasteiger partial charge in [0.1, 0.15) is 17.2 Å². The van der Waals surface area contributed by atoms with Crippen molar-refractivity contribution in [1.29, 1.82) is 0 Å². The molecule has 0 spiro atoms. The number of hydrogen-bond acceptors (Lipinski definition) is 7. The highest BCUT2D eigenvalue weighted by atomic mass is 35.5. The zero-order valence-electron chi connectivity index (χ0n) is 28.5. The molecular weight excluding hydrogens is 688 g/mol. The van der Waals surface area contributed by atoms with Gasteiger partial charge in [0.25, 0.3) is 16.0 Å². The van der Waals surface area contributed by atoms with Gasteiger partial charge in [-0.05, 0) is 79.5 Å². The van der Waals surface area contributed by atoms with Gasteiger partial charge in [0.2, 0.25) is 0 Å². The highest BCUT2D eigenvalue weighted by Crippen LogP contribution is 2.42. The number of carbonyl (C=O) groups is 1. The lowest BCUT2D eigenvalue weighted by atomic mass is 9.83. The van der Waals surface area contributed by atoms with Crippen molar-refractivity contribution in [2.75, 3.05) is 57.0 Å². The zero-order valence-corrected chi connectivity index (χ0v) is 30.1. The van der Waals surface area contributed by atoms with Crippen molar-refractivity contribution in [2.45, 2.75) is 25.3 Å². The number of benzene rings is 4. The van der Waals surface area contributed by atoms with Crippen LogP contribution in [-0.4, -0.2) is 95.5 Å². The van der Waals surface area contributed by atoms with Crippen molar-refractivity contribution in [2.24, 2.45) is 0 Å². The third-order valence-corrected chi connectivity index (χ3v) is 9.87. The number of hydrogen-bond donors (Lipinski definition) is 3. The van der Waals surface area contributed by atoms with Crippen LogP contribution in [0.2, 0.25) is 5.02 Å². The maximum Gasteiger partial charge on any atom is 0.270 e. The average Bonchev–Trinajstić information content (AvgIpc) is 3.75. The van der Waals surface area contributed by atoms with Crippen molar-refractivity contribution in [3.63, 3.8) is 0 Å². The predicted octanol–water partition coefficient (Wildman–Crippen LogP) is 6.45. The van der Waals surface area contributed by atoms with E-state index in [2.05, 4.69) is 26.5 Å². The Balaban J connectivity index is 0.000000839. The van der Waals surface area contributed by atoms with Gasteiger partial charge < -0.3 is 29.5 Å². The number of phenolic OH excluding ortho intramolecular Hbond substituents is 2.